The van der Waals surface area contributed by atoms with Crippen molar-refractivity contribution in [2.24, 2.45) is 11.8 Å². The number of nitrogens with one attached hydrogen (secondary N) is 1. The lowest BCUT2D eigenvalue weighted by atomic mass is 9.96. The molecule has 1 N–H and O–H groups in total. The number of hydrogen-bond acceptors (Lipinski definition) is 6. The maximum Gasteiger partial charge on any atom is 0.243 e. The van der Waals surface area contributed by atoms with Gasteiger partial charge in [0.15, 0.2) is 11.5 Å². The van der Waals surface area contributed by atoms with Crippen LogP contribution in [-0.4, -0.2) is 75.5 Å². The minimum Gasteiger partial charge on any atom is -0.486 e. The van der Waals surface area contributed by atoms with Gasteiger partial charge >= 0.3 is 0 Å². The summed E-state index contributed by atoms with van der Waals surface area (Å²) in [4.78, 5) is 15.4. The Kier molecular flexibility index (Phi) is 7.27. The third-order valence-corrected chi connectivity index (χ3v) is 8.53. The summed E-state index contributed by atoms with van der Waals surface area (Å²) in [6.07, 6.45) is 3.56. The number of rotatable bonds is 6. The molecule has 3 aliphatic rings. The van der Waals surface area contributed by atoms with Crippen LogP contribution in [0.3, 0.4) is 0 Å². The van der Waals surface area contributed by atoms with E-state index < -0.39 is 10.0 Å². The Morgan fingerprint density at radius 2 is 1.84 bits per heavy atom. The van der Waals surface area contributed by atoms with Crippen molar-refractivity contribution in [3.05, 3.63) is 18.2 Å². The molecular formula is C23H35N3O5S. The van der Waals surface area contributed by atoms with Crippen molar-refractivity contribution >= 4 is 15.9 Å². The molecule has 178 valence electrons. The molecule has 0 saturated carbocycles. The van der Waals surface area contributed by atoms with E-state index in [-0.39, 0.29) is 22.8 Å². The normalized spacial score (nSPS) is 24.1. The van der Waals surface area contributed by atoms with Crippen molar-refractivity contribution in [2.45, 2.75) is 50.5 Å². The lowest BCUT2D eigenvalue weighted by molar-refractivity contribution is -0.126. The van der Waals surface area contributed by atoms with Gasteiger partial charge in [0.1, 0.15) is 13.2 Å². The van der Waals surface area contributed by atoms with E-state index in [9.17, 15) is 13.2 Å². The van der Waals surface area contributed by atoms with Crippen molar-refractivity contribution in [1.29, 1.82) is 0 Å². The van der Waals surface area contributed by atoms with E-state index in [0.29, 0.717) is 56.6 Å². The molecule has 8 nitrogen and oxygen atoms in total. The standard InChI is InChI=1S/C23H35N3O5S/c1-17-4-3-9-25(15-17)16-18(2)24-23(27)19-7-10-26(11-8-19)32(28,29)20-5-6-21-22(14-20)31-13-12-30-21/h5-6,14,17-19H,3-4,7-13,15-16H2,1-2H3,(H,24,27). The first-order chi connectivity index (χ1) is 15.3. The summed E-state index contributed by atoms with van der Waals surface area (Å²) in [6.45, 7) is 8.95. The first-order valence-corrected chi connectivity index (χ1v) is 13.2. The molecule has 1 amide bonds. The van der Waals surface area contributed by atoms with E-state index >= 15 is 0 Å². The number of benzene rings is 1. The number of fused-ring (bicyclic) bond motifs is 1. The van der Waals surface area contributed by atoms with E-state index in [1.54, 1.807) is 12.1 Å². The molecule has 1 aromatic rings. The predicted octanol–water partition coefficient (Wildman–Crippen LogP) is 2.10. The van der Waals surface area contributed by atoms with Crippen LogP contribution in [-0.2, 0) is 14.8 Å². The minimum atomic E-state index is -3.63. The number of sulfonamides is 1. The van der Waals surface area contributed by atoms with E-state index in [0.717, 1.165) is 19.6 Å². The number of carbonyl (C=O) groups is 1. The molecule has 2 fully saturated rings. The molecule has 4 rings (SSSR count). The molecular weight excluding hydrogens is 430 g/mol. The number of hydrogen-bond donors (Lipinski definition) is 1. The second-order valence-corrected chi connectivity index (χ2v) is 11.3. The van der Waals surface area contributed by atoms with Crippen LogP contribution in [0, 0.1) is 11.8 Å². The molecule has 3 heterocycles. The first kappa shape index (κ1) is 23.3. The van der Waals surface area contributed by atoms with Crippen molar-refractivity contribution in [1.82, 2.24) is 14.5 Å². The number of amides is 1. The van der Waals surface area contributed by atoms with Gasteiger partial charge in [-0.15, -0.1) is 0 Å². The van der Waals surface area contributed by atoms with Crippen LogP contribution in [0.5, 0.6) is 11.5 Å². The van der Waals surface area contributed by atoms with E-state index in [4.69, 9.17) is 9.47 Å². The second kappa shape index (κ2) is 9.97. The van der Waals surface area contributed by atoms with Crippen molar-refractivity contribution in [3.63, 3.8) is 0 Å². The SMILES string of the molecule is CC1CCCN(CC(C)NC(=O)C2CCN(S(=O)(=O)c3ccc4c(c3)OCCO4)CC2)C1. The Morgan fingerprint density at radius 1 is 1.12 bits per heavy atom. The van der Waals surface area contributed by atoms with Gasteiger partial charge < -0.3 is 19.7 Å². The maximum atomic E-state index is 13.1. The van der Waals surface area contributed by atoms with E-state index in [2.05, 4.69) is 24.1 Å². The molecule has 3 aliphatic heterocycles. The lowest BCUT2D eigenvalue weighted by Crippen LogP contribution is -2.48. The van der Waals surface area contributed by atoms with Crippen LogP contribution in [0.15, 0.2) is 23.1 Å². The van der Waals surface area contributed by atoms with Gasteiger partial charge in [0.2, 0.25) is 15.9 Å². The topological polar surface area (TPSA) is 88.2 Å². The molecule has 2 unspecified atom stereocenters. The fourth-order valence-corrected chi connectivity index (χ4v) is 6.42. The molecule has 0 spiro atoms. The summed E-state index contributed by atoms with van der Waals surface area (Å²) in [5.41, 5.74) is 0. The Hall–Kier alpha value is -1.84. The van der Waals surface area contributed by atoms with Crippen LogP contribution in [0.2, 0.25) is 0 Å². The minimum absolute atomic E-state index is 0.0407. The molecule has 32 heavy (non-hydrogen) atoms. The van der Waals surface area contributed by atoms with Crippen molar-refractivity contribution in [2.75, 3.05) is 45.9 Å². The Balaban J connectivity index is 1.29. The molecule has 2 saturated heterocycles. The predicted molar refractivity (Wildman–Crippen MR) is 121 cm³/mol. The van der Waals surface area contributed by atoms with Crippen molar-refractivity contribution in [3.8, 4) is 11.5 Å². The summed E-state index contributed by atoms with van der Waals surface area (Å²) in [7, 11) is -3.63. The summed E-state index contributed by atoms with van der Waals surface area (Å²) < 4.78 is 38.7. The molecule has 0 radical (unpaired) electrons. The largest absolute Gasteiger partial charge is 0.486 e. The van der Waals surface area contributed by atoms with Gasteiger partial charge in [-0.3, -0.25) is 4.79 Å². The van der Waals surface area contributed by atoms with Gasteiger partial charge in [-0.25, -0.2) is 8.42 Å². The summed E-state index contributed by atoms with van der Waals surface area (Å²) >= 11 is 0. The molecule has 0 bridgehead atoms. The summed E-state index contributed by atoms with van der Waals surface area (Å²) in [5, 5.41) is 3.15. The third kappa shape index (κ3) is 5.38. The summed E-state index contributed by atoms with van der Waals surface area (Å²) in [5.74, 6) is 1.64. The quantitative estimate of drug-likeness (QED) is 0.692. The van der Waals surface area contributed by atoms with Gasteiger partial charge in [0.25, 0.3) is 0 Å². The van der Waals surface area contributed by atoms with Crippen LogP contribution in [0.25, 0.3) is 0 Å². The zero-order chi connectivity index (χ0) is 22.7. The first-order valence-electron chi connectivity index (χ1n) is 11.8. The van der Waals surface area contributed by atoms with Crippen LogP contribution < -0.4 is 14.8 Å². The Bertz CT molecular complexity index is 914. The molecule has 0 aliphatic carbocycles. The summed E-state index contributed by atoms with van der Waals surface area (Å²) in [6, 6.07) is 4.83. The highest BCUT2D eigenvalue weighted by molar-refractivity contribution is 7.89. The average Bonchev–Trinajstić information content (AvgIpc) is 2.78. The molecule has 2 atom stereocenters. The monoisotopic (exact) mass is 465 g/mol. The third-order valence-electron chi connectivity index (χ3n) is 6.64. The highest BCUT2D eigenvalue weighted by Crippen LogP contribution is 2.34. The fraction of sp³-hybridized carbons (Fsp3) is 0.696. The van der Waals surface area contributed by atoms with Crippen LogP contribution in [0.1, 0.15) is 39.5 Å². The van der Waals surface area contributed by atoms with Gasteiger partial charge in [0.05, 0.1) is 4.90 Å². The lowest BCUT2D eigenvalue weighted by Gasteiger charge is -2.34. The smallest absolute Gasteiger partial charge is 0.243 e. The van der Waals surface area contributed by atoms with Crippen LogP contribution >= 0.6 is 0 Å². The van der Waals surface area contributed by atoms with Gasteiger partial charge in [-0.1, -0.05) is 6.92 Å². The van der Waals surface area contributed by atoms with E-state index in [1.807, 2.05) is 0 Å². The second-order valence-electron chi connectivity index (χ2n) is 9.40. The van der Waals surface area contributed by atoms with E-state index in [1.165, 1.54) is 23.2 Å². The van der Waals surface area contributed by atoms with Crippen LogP contribution in [0.4, 0.5) is 0 Å². The number of carbonyl (C=O) groups excluding carboxylic acids is 1. The average molecular weight is 466 g/mol. The van der Waals surface area contributed by atoms with Gasteiger partial charge in [0, 0.05) is 44.2 Å². The molecule has 1 aromatic carbocycles. The molecule has 9 heteroatoms. The number of ether oxygens (including phenoxy) is 2. The zero-order valence-electron chi connectivity index (χ0n) is 19.1. The van der Waals surface area contributed by atoms with Gasteiger partial charge in [-0.2, -0.15) is 4.31 Å². The molecule has 0 aromatic heterocycles. The highest BCUT2D eigenvalue weighted by Gasteiger charge is 2.33. The fourth-order valence-electron chi connectivity index (χ4n) is 4.94. The Morgan fingerprint density at radius 3 is 2.56 bits per heavy atom. The maximum absolute atomic E-state index is 13.1. The zero-order valence-corrected chi connectivity index (χ0v) is 19.9. The number of likely N-dealkylation sites (tertiary alicyclic amines) is 1. The van der Waals surface area contributed by atoms with Crippen molar-refractivity contribution < 1.29 is 22.7 Å². The number of nitrogens with zero attached hydrogens (tertiary/aromatic N) is 2. The number of piperidine rings is 2. The van der Waals surface area contributed by atoms with Gasteiger partial charge in [-0.05, 0) is 57.2 Å². The Labute approximate surface area is 191 Å². The highest BCUT2D eigenvalue weighted by atomic mass is 32.2.